The van der Waals surface area contributed by atoms with Crippen molar-refractivity contribution in [3.8, 4) is 0 Å². The summed E-state index contributed by atoms with van der Waals surface area (Å²) < 4.78 is 5.96. The second-order valence-corrected chi connectivity index (χ2v) is 3.57. The van der Waals surface area contributed by atoms with E-state index in [0.29, 0.717) is 0 Å². The SMILES string of the molecule is CC(C)(C)OC(=O)n1cc(N)nn1. The summed E-state index contributed by atoms with van der Waals surface area (Å²) in [6.45, 7) is 5.31. The zero-order valence-electron chi connectivity index (χ0n) is 7.81. The molecule has 72 valence electrons. The third-order valence-electron chi connectivity index (χ3n) is 1.09. The topological polar surface area (TPSA) is 83.0 Å². The van der Waals surface area contributed by atoms with E-state index in [0.717, 1.165) is 4.68 Å². The van der Waals surface area contributed by atoms with Gasteiger partial charge >= 0.3 is 6.09 Å². The van der Waals surface area contributed by atoms with Gasteiger partial charge in [0.2, 0.25) is 0 Å². The third-order valence-corrected chi connectivity index (χ3v) is 1.09. The van der Waals surface area contributed by atoms with Gasteiger partial charge in [-0.25, -0.2) is 4.79 Å². The number of nitrogens with zero attached hydrogens (tertiary/aromatic N) is 3. The van der Waals surface area contributed by atoms with Crippen LogP contribution in [0.1, 0.15) is 20.8 Å². The Kier molecular flexibility index (Phi) is 2.22. The maximum absolute atomic E-state index is 11.3. The molecule has 1 heterocycles. The summed E-state index contributed by atoms with van der Waals surface area (Å²) in [6.07, 6.45) is 0.713. The summed E-state index contributed by atoms with van der Waals surface area (Å²) in [5.74, 6) is 0.186. The number of carbonyl (C=O) groups is 1. The van der Waals surface area contributed by atoms with Gasteiger partial charge in [-0.1, -0.05) is 5.21 Å². The lowest BCUT2D eigenvalue weighted by molar-refractivity contribution is 0.0511. The first-order valence-electron chi connectivity index (χ1n) is 3.80. The molecule has 6 heteroatoms. The van der Waals surface area contributed by atoms with Gasteiger partial charge in [0.25, 0.3) is 0 Å². The summed E-state index contributed by atoms with van der Waals surface area (Å²) >= 11 is 0. The van der Waals surface area contributed by atoms with Crippen LogP contribution in [0, 0.1) is 0 Å². The number of anilines is 1. The van der Waals surface area contributed by atoms with E-state index in [2.05, 4.69) is 10.3 Å². The summed E-state index contributed by atoms with van der Waals surface area (Å²) in [5, 5.41) is 6.92. The van der Waals surface area contributed by atoms with Crippen molar-refractivity contribution in [1.82, 2.24) is 15.0 Å². The molecule has 0 aliphatic rings. The largest absolute Gasteiger partial charge is 0.442 e. The number of hydrogen-bond donors (Lipinski definition) is 1. The molecule has 0 saturated heterocycles. The normalized spacial score (nSPS) is 11.3. The Morgan fingerprint density at radius 2 is 2.23 bits per heavy atom. The molecule has 6 nitrogen and oxygen atoms in total. The van der Waals surface area contributed by atoms with E-state index in [1.807, 2.05) is 0 Å². The minimum absolute atomic E-state index is 0.186. The lowest BCUT2D eigenvalue weighted by Crippen LogP contribution is -2.27. The number of hydrogen-bond acceptors (Lipinski definition) is 5. The molecule has 0 saturated carbocycles. The van der Waals surface area contributed by atoms with E-state index >= 15 is 0 Å². The Labute approximate surface area is 75.7 Å². The van der Waals surface area contributed by atoms with Crippen LogP contribution in [0.15, 0.2) is 6.20 Å². The number of nitrogens with two attached hydrogens (primary N) is 1. The second kappa shape index (κ2) is 3.04. The van der Waals surface area contributed by atoms with Crippen molar-refractivity contribution in [2.24, 2.45) is 0 Å². The lowest BCUT2D eigenvalue weighted by atomic mass is 10.2. The Morgan fingerprint density at radius 3 is 2.62 bits per heavy atom. The molecule has 0 atom stereocenters. The lowest BCUT2D eigenvalue weighted by Gasteiger charge is -2.18. The van der Waals surface area contributed by atoms with E-state index in [-0.39, 0.29) is 5.82 Å². The molecular weight excluding hydrogens is 172 g/mol. The van der Waals surface area contributed by atoms with Crippen LogP contribution in [0.25, 0.3) is 0 Å². The van der Waals surface area contributed by atoms with Crippen molar-refractivity contribution in [1.29, 1.82) is 0 Å². The number of nitrogen functional groups attached to an aromatic ring is 1. The fourth-order valence-corrected chi connectivity index (χ4v) is 0.675. The van der Waals surface area contributed by atoms with Crippen molar-refractivity contribution in [2.75, 3.05) is 5.73 Å². The summed E-state index contributed by atoms with van der Waals surface area (Å²) in [6, 6.07) is 0. The first-order valence-corrected chi connectivity index (χ1v) is 3.80. The van der Waals surface area contributed by atoms with Crippen LogP contribution in [0.4, 0.5) is 10.6 Å². The summed E-state index contributed by atoms with van der Waals surface area (Å²) in [5.41, 5.74) is 4.73. The Bertz CT molecular complexity index is 313. The van der Waals surface area contributed by atoms with E-state index in [9.17, 15) is 4.79 Å². The van der Waals surface area contributed by atoms with Crippen LogP contribution in [0.2, 0.25) is 0 Å². The van der Waals surface area contributed by atoms with Crippen molar-refractivity contribution >= 4 is 11.9 Å². The molecule has 2 N–H and O–H groups in total. The Hall–Kier alpha value is -1.59. The molecular formula is C7H12N4O2. The van der Waals surface area contributed by atoms with Crippen molar-refractivity contribution in [2.45, 2.75) is 26.4 Å². The smallest absolute Gasteiger partial charge is 0.436 e. The quantitative estimate of drug-likeness (QED) is 0.639. The van der Waals surface area contributed by atoms with E-state index < -0.39 is 11.7 Å². The van der Waals surface area contributed by atoms with Crippen molar-refractivity contribution < 1.29 is 9.53 Å². The highest BCUT2D eigenvalue weighted by molar-refractivity contribution is 5.70. The first-order chi connectivity index (χ1) is 5.88. The molecule has 0 spiro atoms. The van der Waals surface area contributed by atoms with Crippen molar-refractivity contribution in [3.63, 3.8) is 0 Å². The maximum Gasteiger partial charge on any atom is 0.436 e. The number of aromatic nitrogens is 3. The second-order valence-electron chi connectivity index (χ2n) is 3.57. The third kappa shape index (κ3) is 2.73. The molecule has 0 fully saturated rings. The minimum atomic E-state index is -0.586. The predicted octanol–water partition coefficient (Wildman–Crippen LogP) is 0.643. The molecule has 0 unspecified atom stereocenters. The van der Waals surface area contributed by atoms with Crippen LogP contribution in [0.3, 0.4) is 0 Å². The van der Waals surface area contributed by atoms with E-state index in [1.54, 1.807) is 20.8 Å². The zero-order chi connectivity index (χ0) is 10.1. The minimum Gasteiger partial charge on any atom is -0.442 e. The van der Waals surface area contributed by atoms with Gasteiger partial charge in [0.15, 0.2) is 5.82 Å². The molecule has 1 aromatic rings. The average molecular weight is 184 g/mol. The van der Waals surface area contributed by atoms with Gasteiger partial charge < -0.3 is 10.5 Å². The van der Waals surface area contributed by atoms with Gasteiger partial charge in [0.05, 0.1) is 6.20 Å². The van der Waals surface area contributed by atoms with Gasteiger partial charge in [-0.15, -0.1) is 5.10 Å². The summed E-state index contributed by atoms with van der Waals surface area (Å²) in [7, 11) is 0. The molecule has 0 aromatic carbocycles. The average Bonchev–Trinajstić information content (AvgIpc) is 2.31. The zero-order valence-corrected chi connectivity index (χ0v) is 7.81. The molecule has 0 amide bonds. The van der Waals surface area contributed by atoms with Gasteiger partial charge in [0, 0.05) is 0 Å². The highest BCUT2D eigenvalue weighted by atomic mass is 16.6. The number of carbonyl (C=O) groups excluding carboxylic acids is 1. The van der Waals surface area contributed by atoms with Gasteiger partial charge in [-0.2, -0.15) is 4.68 Å². The molecule has 0 bridgehead atoms. The molecule has 0 radical (unpaired) electrons. The molecule has 1 rings (SSSR count). The van der Waals surface area contributed by atoms with Gasteiger partial charge in [-0.05, 0) is 20.8 Å². The molecule has 0 aliphatic heterocycles. The Balaban J connectivity index is 2.70. The van der Waals surface area contributed by atoms with E-state index in [4.69, 9.17) is 10.5 Å². The number of rotatable bonds is 0. The fraction of sp³-hybridized carbons (Fsp3) is 0.571. The van der Waals surface area contributed by atoms with Gasteiger partial charge in [0.1, 0.15) is 5.60 Å². The highest BCUT2D eigenvalue weighted by Crippen LogP contribution is 2.08. The van der Waals surface area contributed by atoms with Crippen LogP contribution in [-0.4, -0.2) is 26.7 Å². The molecule has 13 heavy (non-hydrogen) atoms. The Morgan fingerprint density at radius 1 is 1.62 bits per heavy atom. The van der Waals surface area contributed by atoms with Crippen LogP contribution >= 0.6 is 0 Å². The monoisotopic (exact) mass is 184 g/mol. The fourth-order valence-electron chi connectivity index (χ4n) is 0.675. The van der Waals surface area contributed by atoms with Gasteiger partial charge in [-0.3, -0.25) is 0 Å². The predicted molar refractivity (Wildman–Crippen MR) is 46.1 cm³/mol. The van der Waals surface area contributed by atoms with E-state index in [1.165, 1.54) is 6.20 Å². The highest BCUT2D eigenvalue weighted by Gasteiger charge is 2.18. The van der Waals surface area contributed by atoms with Crippen LogP contribution < -0.4 is 5.73 Å². The van der Waals surface area contributed by atoms with Crippen molar-refractivity contribution in [3.05, 3.63) is 6.20 Å². The molecule has 0 aliphatic carbocycles. The van der Waals surface area contributed by atoms with Crippen LogP contribution in [-0.2, 0) is 4.74 Å². The number of ether oxygens (including phenoxy) is 1. The molecule has 1 aromatic heterocycles. The maximum atomic E-state index is 11.3. The standard InChI is InChI=1S/C7H12N4O2/c1-7(2,3)13-6(12)11-4-5(8)9-10-11/h4H,8H2,1-3H3. The van der Waals surface area contributed by atoms with Crippen LogP contribution in [0.5, 0.6) is 0 Å². The first kappa shape index (κ1) is 9.50. The summed E-state index contributed by atoms with van der Waals surface area (Å²) in [4.78, 5) is 11.3.